The van der Waals surface area contributed by atoms with Gasteiger partial charge in [0.05, 0.1) is 27.8 Å². The van der Waals surface area contributed by atoms with Gasteiger partial charge in [0.25, 0.3) is 0 Å². The third-order valence-corrected chi connectivity index (χ3v) is 13.9. The second-order valence-corrected chi connectivity index (χ2v) is 16.7. The van der Waals surface area contributed by atoms with Crippen LogP contribution < -0.4 is 4.90 Å². The molecule has 1 aliphatic carbocycles. The van der Waals surface area contributed by atoms with E-state index in [9.17, 15) is 0 Å². The minimum absolute atomic E-state index is 0.493. The van der Waals surface area contributed by atoms with Gasteiger partial charge in [-0.1, -0.05) is 152 Å². The summed E-state index contributed by atoms with van der Waals surface area (Å²) in [5.41, 5.74) is 17.0. The van der Waals surface area contributed by atoms with Crippen LogP contribution in [0, 0.1) is 0 Å². The molecule has 2 aliphatic rings. The standard InChI is InChI=1S/C55H34N2S/c1-2-15-35(16-3-1)36-17-12-18-37(33-36)56(50-28-14-30-52-53(50)42-21-6-11-29-51(42)58-52)38-31-32-45-43(34-38)39-19-4-7-23-44(39)55(45)46-24-8-10-27-49(46)57-48-26-9-5-20-40(48)41-22-13-25-47(55)54(41)57/h1-34H. The van der Waals surface area contributed by atoms with E-state index in [0.29, 0.717) is 0 Å². The van der Waals surface area contributed by atoms with Crippen LogP contribution in [0.3, 0.4) is 0 Å². The molecule has 0 fully saturated rings. The Bertz CT molecular complexity index is 3480. The molecule has 58 heavy (non-hydrogen) atoms. The Morgan fingerprint density at radius 1 is 0.414 bits per heavy atom. The molecule has 270 valence electrons. The van der Waals surface area contributed by atoms with Crippen LogP contribution in [0.15, 0.2) is 206 Å². The predicted molar refractivity (Wildman–Crippen MR) is 245 cm³/mol. The van der Waals surface area contributed by atoms with Gasteiger partial charge < -0.3 is 9.47 Å². The van der Waals surface area contributed by atoms with Crippen molar-refractivity contribution in [3.05, 3.63) is 229 Å². The number of nitrogens with zero attached hydrogens (tertiary/aromatic N) is 2. The van der Waals surface area contributed by atoms with Crippen LogP contribution in [0.2, 0.25) is 0 Å². The van der Waals surface area contributed by atoms with E-state index >= 15 is 0 Å². The van der Waals surface area contributed by atoms with Gasteiger partial charge in [0.2, 0.25) is 0 Å². The fourth-order valence-corrected chi connectivity index (χ4v) is 11.6. The zero-order valence-corrected chi connectivity index (χ0v) is 32.2. The van der Waals surface area contributed by atoms with Crippen molar-refractivity contribution in [1.82, 2.24) is 4.57 Å². The molecule has 0 saturated carbocycles. The molecular weight excluding hydrogens is 721 g/mol. The zero-order chi connectivity index (χ0) is 38.0. The molecule has 0 N–H and O–H groups in total. The topological polar surface area (TPSA) is 8.17 Å². The van der Waals surface area contributed by atoms with Crippen molar-refractivity contribution in [3.8, 4) is 27.9 Å². The molecule has 0 radical (unpaired) electrons. The van der Waals surface area contributed by atoms with Crippen LogP contribution >= 0.6 is 11.3 Å². The van der Waals surface area contributed by atoms with Gasteiger partial charge in [0, 0.05) is 42.3 Å². The Morgan fingerprint density at radius 2 is 1.07 bits per heavy atom. The third kappa shape index (κ3) is 4.16. The highest BCUT2D eigenvalue weighted by Gasteiger charge is 2.50. The second-order valence-electron chi connectivity index (χ2n) is 15.6. The number of hydrogen-bond acceptors (Lipinski definition) is 2. The molecule has 3 heteroatoms. The monoisotopic (exact) mass is 754 g/mol. The number of thiophene rings is 1. The average molecular weight is 755 g/mol. The highest BCUT2D eigenvalue weighted by Crippen LogP contribution is 2.61. The Labute approximate surface area is 340 Å². The van der Waals surface area contributed by atoms with Crippen LogP contribution in [0.5, 0.6) is 0 Å². The van der Waals surface area contributed by atoms with E-state index in [2.05, 4.69) is 216 Å². The van der Waals surface area contributed by atoms with Crippen molar-refractivity contribution in [2.45, 2.75) is 5.41 Å². The largest absolute Gasteiger partial charge is 0.310 e. The molecule has 1 atom stereocenters. The average Bonchev–Trinajstić information content (AvgIpc) is 3.94. The lowest BCUT2D eigenvalue weighted by molar-refractivity contribution is 0.748. The van der Waals surface area contributed by atoms with Gasteiger partial charge in [-0.05, 0) is 99.1 Å². The van der Waals surface area contributed by atoms with E-state index in [4.69, 9.17) is 0 Å². The SMILES string of the molecule is c1ccc(-c2cccc(N(c3ccc4c(c3)-c3ccccc3C43c4ccccc4-n4c5ccccc5c5cccc3c54)c3cccc4sc5ccccc5c34)c2)cc1. The second kappa shape index (κ2) is 11.9. The van der Waals surface area contributed by atoms with Crippen molar-refractivity contribution >= 4 is 70.4 Å². The summed E-state index contributed by atoms with van der Waals surface area (Å²) in [6.45, 7) is 0. The molecule has 0 amide bonds. The molecule has 2 nitrogen and oxygen atoms in total. The first-order valence-electron chi connectivity index (χ1n) is 20.0. The van der Waals surface area contributed by atoms with Gasteiger partial charge in [0.15, 0.2) is 0 Å². The summed E-state index contributed by atoms with van der Waals surface area (Å²) in [5.74, 6) is 0. The summed E-state index contributed by atoms with van der Waals surface area (Å²) >= 11 is 1.87. The third-order valence-electron chi connectivity index (χ3n) is 12.8. The van der Waals surface area contributed by atoms with Gasteiger partial charge in [-0.15, -0.1) is 11.3 Å². The summed E-state index contributed by atoms with van der Waals surface area (Å²) in [4.78, 5) is 2.50. The molecule has 13 rings (SSSR count). The van der Waals surface area contributed by atoms with E-state index in [0.717, 1.165) is 11.4 Å². The lowest BCUT2D eigenvalue weighted by atomic mass is 9.65. The van der Waals surface area contributed by atoms with Crippen LogP contribution in [-0.2, 0) is 5.41 Å². The van der Waals surface area contributed by atoms with Gasteiger partial charge >= 0.3 is 0 Å². The molecule has 2 aromatic heterocycles. The van der Waals surface area contributed by atoms with Crippen molar-refractivity contribution < 1.29 is 0 Å². The molecular formula is C55H34N2S. The number of rotatable bonds is 4. The normalized spacial score (nSPS) is 15.0. The molecule has 1 unspecified atom stereocenters. The Morgan fingerprint density at radius 3 is 2.00 bits per heavy atom. The summed E-state index contributed by atoms with van der Waals surface area (Å²) in [7, 11) is 0. The number of fused-ring (bicyclic) bond motifs is 15. The molecule has 0 saturated heterocycles. The zero-order valence-electron chi connectivity index (χ0n) is 31.4. The van der Waals surface area contributed by atoms with E-state index in [1.54, 1.807) is 0 Å². The van der Waals surface area contributed by atoms with E-state index in [-0.39, 0.29) is 0 Å². The number of anilines is 3. The van der Waals surface area contributed by atoms with Crippen LogP contribution in [-0.4, -0.2) is 4.57 Å². The maximum absolute atomic E-state index is 2.52. The summed E-state index contributed by atoms with van der Waals surface area (Å²) < 4.78 is 5.11. The molecule has 3 heterocycles. The Hall–Kier alpha value is -7.20. The fourth-order valence-electron chi connectivity index (χ4n) is 10.5. The Balaban J connectivity index is 1.11. The summed E-state index contributed by atoms with van der Waals surface area (Å²) in [6, 6.07) is 76.8. The van der Waals surface area contributed by atoms with Gasteiger partial charge in [-0.2, -0.15) is 0 Å². The van der Waals surface area contributed by atoms with Crippen LogP contribution in [0.25, 0.3) is 69.9 Å². The van der Waals surface area contributed by atoms with Crippen molar-refractivity contribution in [1.29, 1.82) is 0 Å². The minimum atomic E-state index is -0.493. The lowest BCUT2D eigenvalue weighted by Crippen LogP contribution is -2.33. The van der Waals surface area contributed by atoms with E-state index < -0.39 is 5.41 Å². The molecule has 9 aromatic carbocycles. The predicted octanol–water partition coefficient (Wildman–Crippen LogP) is 15.0. The highest BCUT2D eigenvalue weighted by molar-refractivity contribution is 7.26. The number of aromatic nitrogens is 1. The smallest absolute Gasteiger partial charge is 0.0754 e. The van der Waals surface area contributed by atoms with Crippen molar-refractivity contribution in [3.63, 3.8) is 0 Å². The minimum Gasteiger partial charge on any atom is -0.310 e. The van der Waals surface area contributed by atoms with E-state index in [1.165, 1.54) is 97.9 Å². The first-order chi connectivity index (χ1) is 28.8. The molecule has 0 bridgehead atoms. The van der Waals surface area contributed by atoms with Crippen molar-refractivity contribution in [2.75, 3.05) is 4.90 Å². The van der Waals surface area contributed by atoms with Crippen LogP contribution in [0.4, 0.5) is 17.1 Å². The van der Waals surface area contributed by atoms with Crippen molar-refractivity contribution in [2.24, 2.45) is 0 Å². The quantitative estimate of drug-likeness (QED) is 0.174. The molecule has 1 spiro atoms. The first kappa shape index (κ1) is 31.9. The van der Waals surface area contributed by atoms with E-state index in [1.807, 2.05) is 11.3 Å². The van der Waals surface area contributed by atoms with Crippen LogP contribution in [0.1, 0.15) is 22.3 Å². The number of hydrogen-bond donors (Lipinski definition) is 0. The lowest BCUT2D eigenvalue weighted by Gasteiger charge is -2.39. The number of benzene rings is 9. The summed E-state index contributed by atoms with van der Waals surface area (Å²) in [5, 5.41) is 5.16. The summed E-state index contributed by atoms with van der Waals surface area (Å²) in [6.07, 6.45) is 0. The Kier molecular flexibility index (Phi) is 6.56. The maximum atomic E-state index is 2.52. The molecule has 11 aromatic rings. The van der Waals surface area contributed by atoms with Gasteiger partial charge in [-0.3, -0.25) is 0 Å². The fraction of sp³-hybridized carbons (Fsp3) is 0.0182. The van der Waals surface area contributed by atoms with Gasteiger partial charge in [-0.25, -0.2) is 0 Å². The number of para-hydroxylation sites is 3. The first-order valence-corrected chi connectivity index (χ1v) is 20.8. The molecule has 1 aliphatic heterocycles. The maximum Gasteiger partial charge on any atom is 0.0754 e. The van der Waals surface area contributed by atoms with Gasteiger partial charge in [0.1, 0.15) is 0 Å². The highest BCUT2D eigenvalue weighted by atomic mass is 32.1.